The highest BCUT2D eigenvalue weighted by atomic mass is 32.1. The van der Waals surface area contributed by atoms with Crippen LogP contribution < -0.4 is 9.16 Å². The molecule has 0 aliphatic carbocycles. The molecule has 0 atom stereocenters. The van der Waals surface area contributed by atoms with Crippen molar-refractivity contribution in [2.24, 2.45) is 0 Å². The normalized spacial score (nSPS) is 12.0. The SMILES string of the molecule is CC(C)(C)[Si](C)(C)Oc1cc(-c2ccc(OCc3ccccc3)cc2)sn1. The minimum Gasteiger partial charge on any atom is -0.530 e. The Morgan fingerprint density at radius 3 is 2.26 bits per heavy atom. The van der Waals surface area contributed by atoms with Crippen molar-refractivity contribution in [2.75, 3.05) is 0 Å². The summed E-state index contributed by atoms with van der Waals surface area (Å²) in [7, 11) is -1.86. The van der Waals surface area contributed by atoms with Gasteiger partial charge in [-0.25, -0.2) is 0 Å². The predicted octanol–water partition coefficient (Wildman–Crippen LogP) is 6.77. The zero-order valence-electron chi connectivity index (χ0n) is 16.7. The molecule has 0 unspecified atom stereocenters. The van der Waals surface area contributed by atoms with Crippen LogP contribution in [0.5, 0.6) is 11.6 Å². The molecule has 2 aromatic carbocycles. The first-order valence-electron chi connectivity index (χ1n) is 9.17. The van der Waals surface area contributed by atoms with Gasteiger partial charge < -0.3 is 9.16 Å². The van der Waals surface area contributed by atoms with E-state index in [9.17, 15) is 0 Å². The van der Waals surface area contributed by atoms with Gasteiger partial charge in [0.2, 0.25) is 5.88 Å². The van der Waals surface area contributed by atoms with Crippen molar-refractivity contribution in [1.82, 2.24) is 4.37 Å². The molecule has 3 nitrogen and oxygen atoms in total. The van der Waals surface area contributed by atoms with Crippen LogP contribution >= 0.6 is 11.5 Å². The molecule has 27 heavy (non-hydrogen) atoms. The van der Waals surface area contributed by atoms with Gasteiger partial charge in [-0.15, -0.1) is 0 Å². The highest BCUT2D eigenvalue weighted by molar-refractivity contribution is 7.09. The van der Waals surface area contributed by atoms with Crippen LogP contribution in [0.3, 0.4) is 0 Å². The first kappa shape index (κ1) is 19.6. The molecular weight excluding hydrogens is 370 g/mol. The van der Waals surface area contributed by atoms with Gasteiger partial charge in [0.1, 0.15) is 12.4 Å². The third kappa shape index (κ3) is 4.99. The van der Waals surface area contributed by atoms with Crippen molar-refractivity contribution in [1.29, 1.82) is 0 Å². The Bertz CT molecular complexity index is 867. The fourth-order valence-electron chi connectivity index (χ4n) is 2.31. The highest BCUT2D eigenvalue weighted by Gasteiger charge is 2.39. The fraction of sp³-hybridized carbons (Fsp3) is 0.318. The van der Waals surface area contributed by atoms with Gasteiger partial charge in [0, 0.05) is 6.07 Å². The summed E-state index contributed by atoms with van der Waals surface area (Å²) < 4.78 is 16.7. The third-order valence-electron chi connectivity index (χ3n) is 5.04. The summed E-state index contributed by atoms with van der Waals surface area (Å²) in [6.45, 7) is 11.8. The number of nitrogens with zero attached hydrogens (tertiary/aromatic N) is 1. The average Bonchev–Trinajstić information content (AvgIpc) is 3.08. The maximum atomic E-state index is 6.29. The molecule has 3 rings (SSSR count). The molecule has 3 aromatic rings. The van der Waals surface area contributed by atoms with Crippen LogP contribution in [0.25, 0.3) is 10.4 Å². The van der Waals surface area contributed by atoms with Crippen LogP contribution in [-0.4, -0.2) is 12.7 Å². The summed E-state index contributed by atoms with van der Waals surface area (Å²) in [5.74, 6) is 1.61. The van der Waals surface area contributed by atoms with E-state index in [-0.39, 0.29) is 5.04 Å². The first-order chi connectivity index (χ1) is 12.7. The van der Waals surface area contributed by atoms with Gasteiger partial charge in [-0.1, -0.05) is 51.1 Å². The Morgan fingerprint density at radius 2 is 1.63 bits per heavy atom. The van der Waals surface area contributed by atoms with Gasteiger partial charge in [0.15, 0.2) is 0 Å². The van der Waals surface area contributed by atoms with E-state index in [2.05, 4.69) is 62.5 Å². The van der Waals surface area contributed by atoms with E-state index in [4.69, 9.17) is 9.16 Å². The smallest absolute Gasteiger partial charge is 0.252 e. The lowest BCUT2D eigenvalue weighted by Gasteiger charge is -2.35. The summed E-state index contributed by atoms with van der Waals surface area (Å²) in [6.07, 6.45) is 0. The van der Waals surface area contributed by atoms with E-state index < -0.39 is 8.32 Å². The first-order valence-corrected chi connectivity index (χ1v) is 12.9. The molecular formula is C22H27NO2SSi. The monoisotopic (exact) mass is 397 g/mol. The Morgan fingerprint density at radius 1 is 0.963 bits per heavy atom. The summed E-state index contributed by atoms with van der Waals surface area (Å²) in [6, 6.07) is 20.4. The van der Waals surface area contributed by atoms with Crippen LogP contribution in [0, 0.1) is 0 Å². The van der Waals surface area contributed by atoms with E-state index in [1.165, 1.54) is 11.5 Å². The minimum atomic E-state index is -1.86. The number of rotatable bonds is 6. The van der Waals surface area contributed by atoms with Crippen molar-refractivity contribution >= 4 is 19.8 Å². The van der Waals surface area contributed by atoms with E-state index in [0.29, 0.717) is 6.61 Å². The molecule has 0 aliphatic rings. The Hall–Kier alpha value is -2.11. The van der Waals surface area contributed by atoms with Crippen molar-refractivity contribution < 1.29 is 9.16 Å². The summed E-state index contributed by atoms with van der Waals surface area (Å²) >= 11 is 1.48. The molecule has 0 saturated carbocycles. The minimum absolute atomic E-state index is 0.161. The molecule has 5 heteroatoms. The Kier molecular flexibility index (Phi) is 5.72. The second kappa shape index (κ2) is 7.86. The summed E-state index contributed by atoms with van der Waals surface area (Å²) in [4.78, 5) is 1.11. The molecule has 1 heterocycles. The molecule has 0 spiro atoms. The number of hydrogen-bond donors (Lipinski definition) is 0. The molecule has 0 N–H and O–H groups in total. The molecule has 0 radical (unpaired) electrons. The number of benzene rings is 2. The number of ether oxygens (including phenoxy) is 1. The lowest BCUT2D eigenvalue weighted by molar-refractivity contribution is 0.306. The highest BCUT2D eigenvalue weighted by Crippen LogP contribution is 2.38. The predicted molar refractivity (Wildman–Crippen MR) is 116 cm³/mol. The number of hydrogen-bond acceptors (Lipinski definition) is 4. The van der Waals surface area contributed by atoms with Crippen LogP contribution in [0.15, 0.2) is 60.7 Å². The second-order valence-corrected chi connectivity index (χ2v) is 13.7. The van der Waals surface area contributed by atoms with Crippen LogP contribution in [0.4, 0.5) is 0 Å². The van der Waals surface area contributed by atoms with Gasteiger partial charge >= 0.3 is 0 Å². The van der Waals surface area contributed by atoms with E-state index in [0.717, 1.165) is 27.6 Å². The van der Waals surface area contributed by atoms with Crippen molar-refractivity contribution in [2.45, 2.75) is 45.5 Å². The van der Waals surface area contributed by atoms with Crippen molar-refractivity contribution in [3.63, 3.8) is 0 Å². The molecule has 1 aromatic heterocycles. The standard InChI is InChI=1S/C22H27NO2SSi/c1-22(2,3)27(4,5)25-21-15-20(26-23-21)18-11-13-19(14-12-18)24-16-17-9-7-6-8-10-17/h6-15H,16H2,1-5H3. The van der Waals surface area contributed by atoms with E-state index in [1.807, 2.05) is 36.4 Å². The molecule has 0 bridgehead atoms. The number of aromatic nitrogens is 1. The quantitative estimate of drug-likeness (QED) is 0.430. The fourth-order valence-corrected chi connectivity index (χ4v) is 3.99. The molecule has 0 fully saturated rings. The van der Waals surface area contributed by atoms with Gasteiger partial charge in [0.25, 0.3) is 8.32 Å². The molecule has 142 valence electrons. The van der Waals surface area contributed by atoms with Gasteiger partial charge in [-0.2, -0.15) is 4.37 Å². The van der Waals surface area contributed by atoms with Gasteiger partial charge in [-0.05, 0) is 65.1 Å². The zero-order valence-corrected chi connectivity index (χ0v) is 18.5. The maximum Gasteiger partial charge on any atom is 0.252 e. The second-order valence-electron chi connectivity index (χ2n) is 8.19. The summed E-state index contributed by atoms with van der Waals surface area (Å²) in [5, 5.41) is 0.161. The van der Waals surface area contributed by atoms with Crippen LogP contribution in [-0.2, 0) is 6.61 Å². The zero-order chi connectivity index (χ0) is 19.5. The maximum absolute atomic E-state index is 6.29. The molecule has 0 amide bonds. The van der Waals surface area contributed by atoms with Crippen molar-refractivity contribution in [3.8, 4) is 22.1 Å². The van der Waals surface area contributed by atoms with Crippen molar-refractivity contribution in [3.05, 3.63) is 66.2 Å². The lowest BCUT2D eigenvalue weighted by atomic mass is 10.2. The third-order valence-corrected chi connectivity index (χ3v) is 10.2. The van der Waals surface area contributed by atoms with Gasteiger partial charge in [-0.3, -0.25) is 0 Å². The Labute approximate surface area is 167 Å². The molecule has 0 saturated heterocycles. The van der Waals surface area contributed by atoms with E-state index in [1.54, 1.807) is 0 Å². The van der Waals surface area contributed by atoms with Crippen LogP contribution in [0.1, 0.15) is 26.3 Å². The lowest BCUT2D eigenvalue weighted by Crippen LogP contribution is -2.43. The average molecular weight is 398 g/mol. The van der Waals surface area contributed by atoms with Gasteiger partial charge in [0.05, 0.1) is 4.88 Å². The van der Waals surface area contributed by atoms with Crippen LogP contribution in [0.2, 0.25) is 18.1 Å². The Balaban J connectivity index is 1.65. The van der Waals surface area contributed by atoms with E-state index >= 15 is 0 Å². The topological polar surface area (TPSA) is 31.4 Å². The largest absolute Gasteiger partial charge is 0.530 e. The molecule has 0 aliphatic heterocycles. The summed E-state index contributed by atoms with van der Waals surface area (Å²) in [5.41, 5.74) is 2.29.